The van der Waals surface area contributed by atoms with Gasteiger partial charge in [0.25, 0.3) is 0 Å². The Bertz CT molecular complexity index is 1040. The quantitative estimate of drug-likeness (QED) is 0.362. The Morgan fingerprint density at radius 2 is 1.90 bits per heavy atom. The smallest absolute Gasteiger partial charge is 0.308 e. The van der Waals surface area contributed by atoms with Crippen LogP contribution in [-0.2, 0) is 4.79 Å². The van der Waals surface area contributed by atoms with Gasteiger partial charge in [0.2, 0.25) is 0 Å². The van der Waals surface area contributed by atoms with Crippen LogP contribution in [0.3, 0.4) is 0 Å². The second-order valence-corrected chi connectivity index (χ2v) is 9.65. The van der Waals surface area contributed by atoms with Crippen LogP contribution in [0.25, 0.3) is 0 Å². The van der Waals surface area contributed by atoms with Gasteiger partial charge in [0.05, 0.1) is 5.02 Å². The lowest BCUT2D eigenvalue weighted by Gasteiger charge is -2.50. The highest BCUT2D eigenvalue weighted by molar-refractivity contribution is 7.80. The van der Waals surface area contributed by atoms with Crippen LogP contribution < -0.4 is 20.1 Å². The van der Waals surface area contributed by atoms with Crippen LogP contribution in [0.5, 0.6) is 11.5 Å². The van der Waals surface area contributed by atoms with E-state index in [1.54, 1.807) is 12.1 Å². The van der Waals surface area contributed by atoms with Crippen molar-refractivity contribution >= 4 is 46.5 Å². The van der Waals surface area contributed by atoms with Gasteiger partial charge in [-0.1, -0.05) is 41.4 Å². The van der Waals surface area contributed by atoms with E-state index in [0.717, 1.165) is 11.1 Å². The Hall–Kier alpha value is -2.02. The summed E-state index contributed by atoms with van der Waals surface area (Å²) in [6, 6.07) is 11.2. The molecule has 0 amide bonds. The monoisotopic (exact) mass is 464 g/mol. The average Bonchev–Trinajstić information content (AvgIpc) is 2.60. The minimum Gasteiger partial charge on any atom is -0.468 e. The Balaban J connectivity index is 1.87. The van der Waals surface area contributed by atoms with Gasteiger partial charge in [0, 0.05) is 47.9 Å². The maximum Gasteiger partial charge on any atom is 0.308 e. The number of carbonyl (C=O) groups is 1. The van der Waals surface area contributed by atoms with E-state index in [0.29, 0.717) is 33.7 Å². The molecule has 8 heteroatoms. The van der Waals surface area contributed by atoms with Crippen LogP contribution in [0.4, 0.5) is 0 Å². The number of esters is 1. The standard InChI is InChI=1S/C22H22Cl2N2O3S/c1-12(27)28-19-9-18-14(8-17(19)24)15(13-6-4-5-7-16(13)23)10-22(29-18)11-21(2,3)25-20(30)26-22/h4-9,15H,10-11H2,1-3H3,(H2,25,26,30)/t15-,22-/m1/s1. The maximum atomic E-state index is 11.5. The Morgan fingerprint density at radius 3 is 2.57 bits per heavy atom. The van der Waals surface area contributed by atoms with Gasteiger partial charge < -0.3 is 20.1 Å². The van der Waals surface area contributed by atoms with Crippen molar-refractivity contribution in [3.05, 3.63) is 57.6 Å². The number of ether oxygens (including phenoxy) is 2. The highest BCUT2D eigenvalue weighted by atomic mass is 35.5. The molecule has 0 radical (unpaired) electrons. The van der Waals surface area contributed by atoms with Crippen LogP contribution in [0.1, 0.15) is 50.7 Å². The van der Waals surface area contributed by atoms with Gasteiger partial charge in [-0.25, -0.2) is 0 Å². The summed E-state index contributed by atoms with van der Waals surface area (Å²) in [6.45, 7) is 5.49. The number of carbonyl (C=O) groups excluding carboxylic acids is 1. The zero-order chi connectivity index (χ0) is 21.7. The van der Waals surface area contributed by atoms with Crippen LogP contribution in [0.15, 0.2) is 36.4 Å². The summed E-state index contributed by atoms with van der Waals surface area (Å²) in [5.74, 6) is 0.302. The second kappa shape index (κ2) is 7.59. The summed E-state index contributed by atoms with van der Waals surface area (Å²) >= 11 is 18.5. The fraction of sp³-hybridized carbons (Fsp3) is 0.364. The molecule has 0 unspecified atom stereocenters. The SMILES string of the molecule is CC(=O)Oc1cc2c(cc1Cl)[C@@H](c1ccccc1Cl)C[C@]1(CC(C)(C)NC(=S)N1)O2. The first-order chi connectivity index (χ1) is 14.1. The van der Waals surface area contributed by atoms with Crippen molar-refractivity contribution in [2.24, 2.45) is 0 Å². The minimum atomic E-state index is -0.746. The van der Waals surface area contributed by atoms with Crippen molar-refractivity contribution < 1.29 is 14.3 Å². The summed E-state index contributed by atoms with van der Waals surface area (Å²) in [5.41, 5.74) is 0.849. The van der Waals surface area contributed by atoms with Gasteiger partial charge in [0.15, 0.2) is 16.6 Å². The van der Waals surface area contributed by atoms with Crippen LogP contribution in [0.2, 0.25) is 10.0 Å². The van der Waals surface area contributed by atoms with E-state index in [-0.39, 0.29) is 17.2 Å². The molecule has 0 bridgehead atoms. The van der Waals surface area contributed by atoms with Crippen molar-refractivity contribution in [3.63, 3.8) is 0 Å². The molecule has 2 heterocycles. The van der Waals surface area contributed by atoms with Gasteiger partial charge in [0.1, 0.15) is 5.75 Å². The molecule has 2 aliphatic rings. The van der Waals surface area contributed by atoms with Crippen LogP contribution in [-0.4, -0.2) is 22.3 Å². The first kappa shape index (κ1) is 21.2. The number of halogens is 2. The number of fused-ring (bicyclic) bond motifs is 1. The molecule has 0 saturated carbocycles. The lowest BCUT2D eigenvalue weighted by Crippen LogP contribution is -2.69. The van der Waals surface area contributed by atoms with Crippen LogP contribution in [0, 0.1) is 0 Å². The van der Waals surface area contributed by atoms with Gasteiger partial charge in [-0.2, -0.15) is 0 Å². The molecule has 2 atom stereocenters. The first-order valence-electron chi connectivity index (χ1n) is 9.63. The normalized spacial score (nSPS) is 24.3. The lowest BCUT2D eigenvalue weighted by molar-refractivity contribution is -0.131. The maximum absolute atomic E-state index is 11.5. The second-order valence-electron chi connectivity index (χ2n) is 8.43. The fourth-order valence-electron chi connectivity index (χ4n) is 4.40. The summed E-state index contributed by atoms with van der Waals surface area (Å²) in [7, 11) is 0. The highest BCUT2D eigenvalue weighted by Crippen LogP contribution is 2.50. The summed E-state index contributed by atoms with van der Waals surface area (Å²) < 4.78 is 11.8. The number of rotatable bonds is 2. The molecule has 0 aromatic heterocycles. The van der Waals surface area contributed by atoms with Crippen molar-refractivity contribution in [1.82, 2.24) is 10.6 Å². The van der Waals surface area contributed by atoms with Crippen molar-refractivity contribution in [2.75, 3.05) is 0 Å². The predicted molar refractivity (Wildman–Crippen MR) is 122 cm³/mol. The molecule has 30 heavy (non-hydrogen) atoms. The van der Waals surface area contributed by atoms with Crippen molar-refractivity contribution in [3.8, 4) is 11.5 Å². The molecule has 4 rings (SSSR count). The van der Waals surface area contributed by atoms with Crippen molar-refractivity contribution in [1.29, 1.82) is 0 Å². The molecule has 158 valence electrons. The first-order valence-corrected chi connectivity index (χ1v) is 10.8. The molecule has 0 aliphatic carbocycles. The number of benzene rings is 2. The van der Waals surface area contributed by atoms with Gasteiger partial charge >= 0.3 is 5.97 Å². The molecule has 1 spiro atoms. The molecule has 5 nitrogen and oxygen atoms in total. The van der Waals surface area contributed by atoms with Gasteiger partial charge in [-0.3, -0.25) is 4.79 Å². The Kier molecular flexibility index (Phi) is 5.37. The summed E-state index contributed by atoms with van der Waals surface area (Å²) in [4.78, 5) is 11.5. The fourth-order valence-corrected chi connectivity index (χ4v) is 5.34. The van der Waals surface area contributed by atoms with E-state index in [9.17, 15) is 4.79 Å². The third-order valence-electron chi connectivity index (χ3n) is 5.33. The third-order valence-corrected chi connectivity index (χ3v) is 6.18. The van der Waals surface area contributed by atoms with Crippen LogP contribution >= 0.6 is 35.4 Å². The van der Waals surface area contributed by atoms with E-state index >= 15 is 0 Å². The molecular weight excluding hydrogens is 443 g/mol. The topological polar surface area (TPSA) is 59.6 Å². The summed E-state index contributed by atoms with van der Waals surface area (Å²) in [6.07, 6.45) is 1.27. The largest absolute Gasteiger partial charge is 0.468 e. The molecule has 1 saturated heterocycles. The minimum absolute atomic E-state index is 0.0875. The zero-order valence-electron chi connectivity index (χ0n) is 16.8. The number of thiocarbonyl (C=S) groups is 1. The molecule has 2 aliphatic heterocycles. The van der Waals surface area contributed by atoms with E-state index < -0.39 is 11.7 Å². The van der Waals surface area contributed by atoms with Gasteiger partial charge in [-0.05, 0) is 43.8 Å². The van der Waals surface area contributed by atoms with Crippen molar-refractivity contribution in [2.45, 2.75) is 50.8 Å². The Morgan fingerprint density at radius 1 is 1.17 bits per heavy atom. The number of nitrogens with one attached hydrogen (secondary N) is 2. The predicted octanol–water partition coefficient (Wildman–Crippen LogP) is 5.18. The van der Waals surface area contributed by atoms with E-state index in [1.165, 1.54) is 6.92 Å². The third kappa shape index (κ3) is 4.09. The molecule has 2 aromatic carbocycles. The molecule has 2 aromatic rings. The zero-order valence-corrected chi connectivity index (χ0v) is 19.2. The van der Waals surface area contributed by atoms with E-state index in [1.807, 2.05) is 24.3 Å². The average molecular weight is 465 g/mol. The number of hydrogen-bond donors (Lipinski definition) is 2. The van der Waals surface area contributed by atoms with E-state index in [2.05, 4.69) is 24.5 Å². The number of hydrogen-bond acceptors (Lipinski definition) is 4. The highest BCUT2D eigenvalue weighted by Gasteiger charge is 2.49. The lowest BCUT2D eigenvalue weighted by atomic mass is 9.77. The molecular formula is C22H22Cl2N2O3S. The van der Waals surface area contributed by atoms with Gasteiger partial charge in [-0.15, -0.1) is 0 Å². The molecule has 2 N–H and O–H groups in total. The Labute approximate surface area is 191 Å². The summed E-state index contributed by atoms with van der Waals surface area (Å²) in [5, 5.41) is 8.16. The molecule has 1 fully saturated rings. The van der Waals surface area contributed by atoms with E-state index in [4.69, 9.17) is 44.9 Å².